The van der Waals surface area contributed by atoms with Crippen molar-refractivity contribution in [3.63, 3.8) is 0 Å². The van der Waals surface area contributed by atoms with E-state index < -0.39 is 0 Å². The van der Waals surface area contributed by atoms with Crippen molar-refractivity contribution in [1.82, 2.24) is 14.9 Å². The molecule has 0 radical (unpaired) electrons. The van der Waals surface area contributed by atoms with Gasteiger partial charge in [-0.05, 0) is 44.9 Å². The lowest BCUT2D eigenvalue weighted by Crippen LogP contribution is -2.50. The molecule has 4 rings (SSSR count). The molecule has 8 heteroatoms. The second kappa shape index (κ2) is 7.35. The first-order valence-electron chi connectivity index (χ1n) is 9.91. The summed E-state index contributed by atoms with van der Waals surface area (Å²) in [5.41, 5.74) is 7.76. The fourth-order valence-corrected chi connectivity index (χ4v) is 3.41. The zero-order valence-corrected chi connectivity index (χ0v) is 16.8. The molecule has 2 heterocycles. The first-order chi connectivity index (χ1) is 13.9. The van der Waals surface area contributed by atoms with Crippen LogP contribution in [0.25, 0.3) is 0 Å². The van der Waals surface area contributed by atoms with Crippen molar-refractivity contribution < 1.29 is 9.53 Å². The Hall–Kier alpha value is -3.16. The number of hydrogen-bond acceptors (Lipinski definition) is 7. The molecule has 3 N–H and O–H groups in total. The van der Waals surface area contributed by atoms with Crippen LogP contribution in [0.5, 0.6) is 5.75 Å². The molecule has 0 bridgehead atoms. The zero-order chi connectivity index (χ0) is 20.6. The third-order valence-corrected chi connectivity index (χ3v) is 5.55. The van der Waals surface area contributed by atoms with Crippen molar-refractivity contribution in [1.29, 1.82) is 5.41 Å². The minimum atomic E-state index is -0.106. The average molecular weight is 394 g/mol. The fraction of sp³-hybridized carbons (Fsp3) is 0.429. The molecule has 2 aliphatic rings. The van der Waals surface area contributed by atoms with Crippen LogP contribution in [0, 0.1) is 5.41 Å². The normalized spacial score (nSPS) is 17.9. The summed E-state index contributed by atoms with van der Waals surface area (Å²) in [5, 5.41) is 8.65. The topological polar surface area (TPSA) is 108 Å². The van der Waals surface area contributed by atoms with Gasteiger partial charge in [0.15, 0.2) is 0 Å². The number of hydrogen-bond donors (Lipinski definition) is 2. The van der Waals surface area contributed by atoms with Crippen molar-refractivity contribution in [2.45, 2.75) is 32.3 Å². The van der Waals surface area contributed by atoms with Gasteiger partial charge in [-0.15, -0.1) is 0 Å². The third kappa shape index (κ3) is 4.01. The SMILES string of the molecule is CCN1CCN(c2cc(C(=N)c3cc(OC4(C)CC4)ccc3N)ncn2)CC1=O. The molecule has 1 saturated carbocycles. The smallest absolute Gasteiger partial charge is 0.242 e. The van der Waals surface area contributed by atoms with Gasteiger partial charge in [0.25, 0.3) is 0 Å². The van der Waals surface area contributed by atoms with Gasteiger partial charge in [0.2, 0.25) is 5.91 Å². The van der Waals surface area contributed by atoms with Gasteiger partial charge in [0.1, 0.15) is 23.5 Å². The Morgan fingerprint density at radius 3 is 2.76 bits per heavy atom. The number of benzene rings is 1. The number of ether oxygens (including phenoxy) is 1. The van der Waals surface area contributed by atoms with E-state index >= 15 is 0 Å². The molecule has 0 atom stereocenters. The van der Waals surface area contributed by atoms with E-state index in [0.29, 0.717) is 48.1 Å². The molecule has 29 heavy (non-hydrogen) atoms. The lowest BCUT2D eigenvalue weighted by Gasteiger charge is -2.34. The predicted octanol–water partition coefficient (Wildman–Crippen LogP) is 2.07. The number of aromatic nitrogens is 2. The number of anilines is 2. The van der Waals surface area contributed by atoms with Crippen LogP contribution in [0.15, 0.2) is 30.6 Å². The van der Waals surface area contributed by atoms with Crippen molar-refractivity contribution in [2.24, 2.45) is 0 Å². The number of carbonyl (C=O) groups excluding carboxylic acids is 1. The van der Waals surface area contributed by atoms with E-state index in [-0.39, 0.29) is 23.8 Å². The van der Waals surface area contributed by atoms with E-state index in [1.807, 2.05) is 22.8 Å². The van der Waals surface area contributed by atoms with Crippen LogP contribution in [0.4, 0.5) is 11.5 Å². The Kier molecular flexibility index (Phi) is 4.86. The summed E-state index contributed by atoms with van der Waals surface area (Å²) in [4.78, 5) is 24.5. The third-order valence-electron chi connectivity index (χ3n) is 5.55. The van der Waals surface area contributed by atoms with E-state index in [9.17, 15) is 4.79 Å². The van der Waals surface area contributed by atoms with Crippen LogP contribution < -0.4 is 15.4 Å². The molecular formula is C21H26N6O2. The summed E-state index contributed by atoms with van der Waals surface area (Å²) in [6.07, 6.45) is 3.49. The van der Waals surface area contributed by atoms with Crippen molar-refractivity contribution >= 4 is 23.1 Å². The maximum Gasteiger partial charge on any atom is 0.242 e. The van der Waals surface area contributed by atoms with Crippen LogP contribution in [0.2, 0.25) is 0 Å². The average Bonchev–Trinajstić information content (AvgIpc) is 3.45. The molecular weight excluding hydrogens is 368 g/mol. The van der Waals surface area contributed by atoms with E-state index in [4.69, 9.17) is 15.9 Å². The van der Waals surface area contributed by atoms with Gasteiger partial charge in [0.05, 0.1) is 18.0 Å². The quantitative estimate of drug-likeness (QED) is 0.574. The molecule has 1 saturated heterocycles. The van der Waals surface area contributed by atoms with Crippen LogP contribution in [-0.2, 0) is 4.79 Å². The van der Waals surface area contributed by atoms with Gasteiger partial charge in [-0.2, -0.15) is 0 Å². The fourth-order valence-electron chi connectivity index (χ4n) is 3.41. The van der Waals surface area contributed by atoms with E-state index in [2.05, 4.69) is 16.9 Å². The van der Waals surface area contributed by atoms with Gasteiger partial charge >= 0.3 is 0 Å². The maximum absolute atomic E-state index is 12.2. The summed E-state index contributed by atoms with van der Waals surface area (Å²) in [6.45, 7) is 6.41. The summed E-state index contributed by atoms with van der Waals surface area (Å²) >= 11 is 0. The monoisotopic (exact) mass is 394 g/mol. The number of nitrogens with zero attached hydrogens (tertiary/aromatic N) is 4. The number of amides is 1. The Labute approximate surface area is 170 Å². The number of piperazine rings is 1. The van der Waals surface area contributed by atoms with Crippen LogP contribution in [0.1, 0.15) is 37.9 Å². The van der Waals surface area contributed by atoms with Gasteiger partial charge in [0, 0.05) is 37.0 Å². The molecule has 1 aromatic carbocycles. The number of rotatable bonds is 6. The highest BCUT2D eigenvalue weighted by Crippen LogP contribution is 2.40. The van der Waals surface area contributed by atoms with Gasteiger partial charge in [-0.25, -0.2) is 9.97 Å². The summed E-state index contributed by atoms with van der Waals surface area (Å²) in [7, 11) is 0. The zero-order valence-electron chi connectivity index (χ0n) is 16.8. The lowest BCUT2D eigenvalue weighted by molar-refractivity contribution is -0.130. The van der Waals surface area contributed by atoms with Crippen LogP contribution in [-0.4, -0.2) is 58.3 Å². The standard InChI is InChI=1S/C21H26N6O2/c1-3-26-8-9-27(12-19(26)28)18-11-17(24-13-25-18)20(23)15-10-14(4-5-16(15)22)29-21(2)6-7-21/h4-5,10-11,13,23H,3,6-9,12,22H2,1-2H3. The Bertz CT molecular complexity index is 956. The van der Waals surface area contributed by atoms with Gasteiger partial charge < -0.3 is 20.3 Å². The highest BCUT2D eigenvalue weighted by molar-refractivity contribution is 6.13. The number of carbonyl (C=O) groups is 1. The summed E-state index contributed by atoms with van der Waals surface area (Å²) in [6, 6.07) is 7.13. The van der Waals surface area contributed by atoms with Gasteiger partial charge in [-0.3, -0.25) is 10.2 Å². The predicted molar refractivity (Wildman–Crippen MR) is 112 cm³/mol. The van der Waals surface area contributed by atoms with Gasteiger partial charge in [-0.1, -0.05) is 0 Å². The molecule has 1 amide bonds. The summed E-state index contributed by atoms with van der Waals surface area (Å²) < 4.78 is 6.01. The number of nitrogens with one attached hydrogen (secondary N) is 1. The molecule has 0 spiro atoms. The molecule has 1 aliphatic carbocycles. The minimum Gasteiger partial charge on any atom is -0.488 e. The van der Waals surface area contributed by atoms with Crippen molar-refractivity contribution in [2.75, 3.05) is 36.8 Å². The summed E-state index contributed by atoms with van der Waals surface area (Å²) in [5.74, 6) is 1.42. The number of nitrogen functional groups attached to an aromatic ring is 1. The van der Waals surface area contributed by atoms with Crippen LogP contribution >= 0.6 is 0 Å². The molecule has 1 aliphatic heterocycles. The molecule has 152 valence electrons. The van der Waals surface area contributed by atoms with E-state index in [1.165, 1.54) is 6.33 Å². The van der Waals surface area contributed by atoms with E-state index in [1.54, 1.807) is 18.2 Å². The van der Waals surface area contributed by atoms with Crippen LogP contribution in [0.3, 0.4) is 0 Å². The molecule has 1 aromatic heterocycles. The maximum atomic E-state index is 12.2. The Morgan fingerprint density at radius 2 is 2.07 bits per heavy atom. The largest absolute Gasteiger partial charge is 0.488 e. The van der Waals surface area contributed by atoms with Crippen molar-refractivity contribution in [3.05, 3.63) is 41.9 Å². The van der Waals surface area contributed by atoms with E-state index in [0.717, 1.165) is 12.8 Å². The molecule has 2 fully saturated rings. The second-order valence-corrected chi connectivity index (χ2v) is 7.83. The second-order valence-electron chi connectivity index (χ2n) is 7.83. The Balaban J connectivity index is 1.56. The number of nitrogens with two attached hydrogens (primary N) is 1. The molecule has 0 unspecified atom stereocenters. The first-order valence-corrected chi connectivity index (χ1v) is 9.91. The highest BCUT2D eigenvalue weighted by Gasteiger charge is 2.40. The highest BCUT2D eigenvalue weighted by atomic mass is 16.5. The minimum absolute atomic E-state index is 0.0802. The molecule has 2 aromatic rings. The molecule has 8 nitrogen and oxygen atoms in total. The van der Waals surface area contributed by atoms with Crippen molar-refractivity contribution in [3.8, 4) is 5.75 Å². The lowest BCUT2D eigenvalue weighted by atomic mass is 10.0. The first kappa shape index (κ1) is 19.2. The number of likely N-dealkylation sites (N-methyl/N-ethyl adjacent to an activating group) is 1. The Morgan fingerprint density at radius 1 is 1.28 bits per heavy atom.